The Morgan fingerprint density at radius 3 is 1.07 bits per heavy atom. The predicted molar refractivity (Wildman–Crippen MR) is 301 cm³/mol. The van der Waals surface area contributed by atoms with Gasteiger partial charge in [-0.15, -0.1) is 0 Å². The minimum absolute atomic E-state index is 0.00827. The number of oxazole rings is 2. The molecule has 2 aliphatic heterocycles. The molecule has 0 N–H and O–H groups in total. The van der Waals surface area contributed by atoms with Gasteiger partial charge in [0.15, 0.2) is 0 Å². The molecule has 0 atom stereocenters. The lowest BCUT2D eigenvalue weighted by Gasteiger charge is -2.39. The van der Waals surface area contributed by atoms with E-state index in [2.05, 4.69) is 255 Å². The van der Waals surface area contributed by atoms with Crippen LogP contribution < -0.4 is 26.4 Å². The highest BCUT2D eigenvalue weighted by Crippen LogP contribution is 2.48. The first-order valence-corrected chi connectivity index (χ1v) is 25.4. The largest absolute Gasteiger partial charge is 0.420 e. The van der Waals surface area contributed by atoms with Crippen LogP contribution in [0, 0.1) is 0 Å². The zero-order valence-electron chi connectivity index (χ0n) is 43.6. The molecule has 2 aliphatic rings. The first kappa shape index (κ1) is 45.6. The minimum atomic E-state index is -0.444. The Labute approximate surface area is 424 Å². The molecule has 0 saturated heterocycles. The third-order valence-corrected chi connectivity index (χ3v) is 14.9. The maximum absolute atomic E-state index is 7.25. The second kappa shape index (κ2) is 16.0. The monoisotopic (exact) mass is 943 g/mol. The molecule has 5 heterocycles. The average molecular weight is 944 g/mol. The second-order valence-electron chi connectivity index (χ2n) is 24.0. The summed E-state index contributed by atoms with van der Waals surface area (Å²) in [6.07, 6.45) is 0. The van der Waals surface area contributed by atoms with Crippen LogP contribution in [0.15, 0.2) is 167 Å². The molecule has 0 unspecified atom stereocenters. The van der Waals surface area contributed by atoms with Crippen LogP contribution in [0.25, 0.3) is 50.4 Å². The number of hydrogen-bond donors (Lipinski definition) is 0. The van der Waals surface area contributed by atoms with Gasteiger partial charge in [-0.3, -0.25) is 9.80 Å². The predicted octanol–water partition coefficient (Wildman–Crippen LogP) is 15.4. The van der Waals surface area contributed by atoms with Crippen molar-refractivity contribution in [1.29, 1.82) is 0 Å². The van der Waals surface area contributed by atoms with E-state index >= 15 is 0 Å². The van der Waals surface area contributed by atoms with Gasteiger partial charge < -0.3 is 13.4 Å². The molecule has 10 aromatic rings. The first-order chi connectivity index (χ1) is 34.2. The third kappa shape index (κ3) is 7.40. The molecule has 0 amide bonds. The van der Waals surface area contributed by atoms with E-state index in [4.69, 9.17) is 18.8 Å². The Kier molecular flexibility index (Phi) is 10.1. The molecule has 7 nitrogen and oxygen atoms in total. The molecule has 358 valence electrons. The first-order valence-electron chi connectivity index (χ1n) is 25.4. The summed E-state index contributed by atoms with van der Waals surface area (Å²) in [4.78, 5) is 15.7. The molecule has 72 heavy (non-hydrogen) atoms. The van der Waals surface area contributed by atoms with Gasteiger partial charge in [-0.05, 0) is 122 Å². The van der Waals surface area contributed by atoms with Gasteiger partial charge in [0.1, 0.15) is 0 Å². The van der Waals surface area contributed by atoms with E-state index in [9.17, 15) is 0 Å². The van der Waals surface area contributed by atoms with Crippen molar-refractivity contribution in [3.8, 4) is 28.6 Å². The molecule has 3 aromatic heterocycles. The van der Waals surface area contributed by atoms with Gasteiger partial charge in [-0.1, -0.05) is 168 Å². The van der Waals surface area contributed by atoms with E-state index < -0.39 is 6.71 Å². The normalized spacial score (nSPS) is 13.8. The van der Waals surface area contributed by atoms with E-state index in [0.29, 0.717) is 23.5 Å². The lowest BCUT2D eigenvalue weighted by atomic mass is 9.37. The molecule has 0 fully saturated rings. The fourth-order valence-electron chi connectivity index (χ4n) is 10.8. The van der Waals surface area contributed by atoms with Gasteiger partial charge >= 0.3 is 6.71 Å². The standard InChI is InChI=1S/C64H62BN5O2/c1-61(2,3)41-25-21-39(22-26-41)57-66-55-59(71-57)69(45-33-29-43(30-34-45)63(7,8)9)52-37-47(68-50-19-15-13-17-48(50)49-18-14-16-20-51(49)68)38-53-54(52)65(55)56-60(70(53)46-35-31-44(32-36-46)64(10,11)12)72-58(67-56)40-23-27-42(28-24-40)62(4,5)6/h13-38H,1-12H3. The lowest BCUT2D eigenvalue weighted by molar-refractivity contribution is 0.578. The molecular weight excluding hydrogens is 882 g/mol. The fourth-order valence-corrected chi connectivity index (χ4v) is 10.8. The van der Waals surface area contributed by atoms with Crippen LogP contribution in [-0.2, 0) is 21.7 Å². The second-order valence-corrected chi connectivity index (χ2v) is 24.0. The zero-order chi connectivity index (χ0) is 50.2. The molecule has 0 radical (unpaired) electrons. The van der Waals surface area contributed by atoms with Crippen molar-refractivity contribution in [2.24, 2.45) is 0 Å². The number of anilines is 6. The summed E-state index contributed by atoms with van der Waals surface area (Å²) in [5, 5.41) is 2.39. The minimum Gasteiger partial charge on any atom is -0.420 e. The highest BCUT2D eigenvalue weighted by molar-refractivity contribution is 6.99. The Bertz CT molecular complexity index is 3480. The molecular formula is C64H62BN5O2. The summed E-state index contributed by atoms with van der Waals surface area (Å²) >= 11 is 0. The highest BCUT2D eigenvalue weighted by Gasteiger charge is 2.50. The van der Waals surface area contributed by atoms with Gasteiger partial charge in [-0.25, -0.2) is 9.97 Å². The number of para-hydroxylation sites is 2. The van der Waals surface area contributed by atoms with Crippen LogP contribution in [0.3, 0.4) is 0 Å². The van der Waals surface area contributed by atoms with Crippen LogP contribution in [-0.4, -0.2) is 21.2 Å². The van der Waals surface area contributed by atoms with Crippen LogP contribution >= 0.6 is 0 Å². The summed E-state index contributed by atoms with van der Waals surface area (Å²) in [5.74, 6) is 2.42. The quantitative estimate of drug-likeness (QED) is 0.160. The van der Waals surface area contributed by atoms with Crippen LogP contribution in [0.4, 0.5) is 34.5 Å². The van der Waals surface area contributed by atoms with Gasteiger partial charge in [0.2, 0.25) is 23.5 Å². The zero-order valence-corrected chi connectivity index (χ0v) is 43.6. The van der Waals surface area contributed by atoms with Crippen LogP contribution in [0.5, 0.6) is 0 Å². The van der Waals surface area contributed by atoms with Crippen molar-refractivity contribution in [3.05, 3.63) is 180 Å². The van der Waals surface area contributed by atoms with Crippen molar-refractivity contribution in [3.63, 3.8) is 0 Å². The topological polar surface area (TPSA) is 63.5 Å². The Morgan fingerprint density at radius 2 is 0.722 bits per heavy atom. The van der Waals surface area contributed by atoms with E-state index in [1.807, 2.05) is 0 Å². The van der Waals surface area contributed by atoms with Crippen LogP contribution in [0.1, 0.15) is 105 Å². The molecule has 0 saturated carbocycles. The van der Waals surface area contributed by atoms with Crippen molar-refractivity contribution < 1.29 is 8.83 Å². The van der Waals surface area contributed by atoms with E-state index in [1.54, 1.807) is 0 Å². The average Bonchev–Trinajstić information content (AvgIpc) is 4.08. The van der Waals surface area contributed by atoms with Crippen molar-refractivity contribution in [2.75, 3.05) is 9.80 Å². The van der Waals surface area contributed by atoms with Crippen LogP contribution in [0.2, 0.25) is 0 Å². The number of hydrogen-bond acceptors (Lipinski definition) is 6. The number of benzene rings is 7. The SMILES string of the molecule is CC(C)(C)c1ccc(-c2nc3c(o2)N(c2ccc(C(C)(C)C)cc2)c2cc(-n4c5ccccc5c5ccccc54)cc4c2B3c2nc(-c3ccc(C(C)(C)C)cc3)oc2N4c2ccc(C(C)(C)C)cc2)cc1. The smallest absolute Gasteiger partial charge is 0.307 e. The van der Waals surface area contributed by atoms with Crippen molar-refractivity contribution >= 4 is 79.7 Å². The number of fused-ring (bicyclic) bond motifs is 7. The fraction of sp³-hybridized carbons (Fsp3) is 0.250. The number of aromatic nitrogens is 3. The van der Waals surface area contributed by atoms with Gasteiger partial charge in [0, 0.05) is 44.6 Å². The third-order valence-electron chi connectivity index (χ3n) is 14.9. The summed E-state index contributed by atoms with van der Waals surface area (Å²) < 4.78 is 16.9. The number of nitrogens with zero attached hydrogens (tertiary/aromatic N) is 5. The molecule has 12 rings (SSSR count). The summed E-state index contributed by atoms with van der Waals surface area (Å²) in [7, 11) is 0. The maximum atomic E-state index is 7.25. The maximum Gasteiger partial charge on any atom is 0.307 e. The highest BCUT2D eigenvalue weighted by atomic mass is 16.4. The Morgan fingerprint density at radius 1 is 0.389 bits per heavy atom. The molecule has 0 bridgehead atoms. The molecule has 7 aromatic carbocycles. The summed E-state index contributed by atoms with van der Waals surface area (Å²) in [6.45, 7) is 26.6. The number of rotatable bonds is 5. The van der Waals surface area contributed by atoms with Gasteiger partial charge in [0.25, 0.3) is 0 Å². The summed E-state index contributed by atoms with van der Waals surface area (Å²) in [6, 6.07) is 57.4. The molecule has 0 aliphatic carbocycles. The van der Waals surface area contributed by atoms with Gasteiger partial charge in [-0.2, -0.15) is 0 Å². The van der Waals surface area contributed by atoms with E-state index in [1.165, 1.54) is 33.0 Å². The van der Waals surface area contributed by atoms with Crippen molar-refractivity contribution in [1.82, 2.24) is 14.5 Å². The van der Waals surface area contributed by atoms with Gasteiger partial charge in [0.05, 0.1) is 27.9 Å². The van der Waals surface area contributed by atoms with E-state index in [0.717, 1.165) is 67.2 Å². The summed E-state index contributed by atoms with van der Waals surface area (Å²) in [5.41, 5.74) is 16.5. The molecule has 8 heteroatoms. The lowest BCUT2D eigenvalue weighted by Crippen LogP contribution is -2.62. The molecule has 0 spiro atoms. The van der Waals surface area contributed by atoms with Crippen molar-refractivity contribution in [2.45, 2.75) is 105 Å². The Balaban J connectivity index is 1.19. The van der Waals surface area contributed by atoms with E-state index in [-0.39, 0.29) is 21.7 Å². The Hall–Kier alpha value is -7.58.